The van der Waals surface area contributed by atoms with Gasteiger partial charge in [0.25, 0.3) is 0 Å². The van der Waals surface area contributed by atoms with Crippen molar-refractivity contribution >= 4 is 39.4 Å². The van der Waals surface area contributed by atoms with Gasteiger partial charge in [-0.15, -0.1) is 0 Å². The van der Waals surface area contributed by atoms with E-state index in [9.17, 15) is 4.79 Å². The summed E-state index contributed by atoms with van der Waals surface area (Å²) in [7, 11) is 0. The standard InChI is InChI=1S/C10H8BrClO/c11-7-10(13)5-4-8-2-1-3-9(12)6-8/h1-6H,7H2/b5-4+. The molecule has 13 heavy (non-hydrogen) atoms. The van der Waals surface area contributed by atoms with Crippen LogP contribution in [0.15, 0.2) is 30.3 Å². The van der Waals surface area contributed by atoms with E-state index in [2.05, 4.69) is 15.9 Å². The van der Waals surface area contributed by atoms with Gasteiger partial charge >= 0.3 is 0 Å². The first kappa shape index (κ1) is 10.5. The van der Waals surface area contributed by atoms with Gasteiger partial charge in [0.2, 0.25) is 0 Å². The molecule has 1 aromatic carbocycles. The van der Waals surface area contributed by atoms with Crippen molar-refractivity contribution in [3.8, 4) is 0 Å². The van der Waals surface area contributed by atoms with Gasteiger partial charge < -0.3 is 0 Å². The fourth-order valence-electron chi connectivity index (χ4n) is 0.844. The van der Waals surface area contributed by atoms with Crippen LogP contribution in [0.3, 0.4) is 0 Å². The second kappa shape index (κ2) is 5.20. The van der Waals surface area contributed by atoms with Crippen LogP contribution in [0.5, 0.6) is 0 Å². The summed E-state index contributed by atoms with van der Waals surface area (Å²) in [6.45, 7) is 0. The van der Waals surface area contributed by atoms with E-state index in [-0.39, 0.29) is 5.78 Å². The lowest BCUT2D eigenvalue weighted by molar-refractivity contribution is -0.112. The molecule has 0 heterocycles. The van der Waals surface area contributed by atoms with Crippen molar-refractivity contribution < 1.29 is 4.79 Å². The third-order valence-corrected chi connectivity index (χ3v) is 2.23. The Bertz CT molecular complexity index is 333. The minimum Gasteiger partial charge on any atom is -0.294 e. The summed E-state index contributed by atoms with van der Waals surface area (Å²) in [5.74, 6) is 0.0416. The van der Waals surface area contributed by atoms with Gasteiger partial charge in [0, 0.05) is 5.02 Å². The lowest BCUT2D eigenvalue weighted by Crippen LogP contribution is -1.90. The molecule has 0 aliphatic heterocycles. The largest absolute Gasteiger partial charge is 0.294 e. The maximum Gasteiger partial charge on any atom is 0.166 e. The Hall–Kier alpha value is -0.600. The molecule has 0 amide bonds. The number of ketones is 1. The molecule has 0 atom stereocenters. The number of rotatable bonds is 3. The highest BCUT2D eigenvalue weighted by Crippen LogP contribution is 2.11. The van der Waals surface area contributed by atoms with Crippen LogP contribution >= 0.6 is 27.5 Å². The van der Waals surface area contributed by atoms with Gasteiger partial charge in [-0.2, -0.15) is 0 Å². The number of hydrogen-bond acceptors (Lipinski definition) is 1. The molecule has 0 saturated carbocycles. The van der Waals surface area contributed by atoms with Gasteiger partial charge in [-0.25, -0.2) is 0 Å². The predicted octanol–water partition coefficient (Wildman–Crippen LogP) is 3.32. The van der Waals surface area contributed by atoms with Crippen LogP contribution in [0.4, 0.5) is 0 Å². The maximum atomic E-state index is 10.9. The monoisotopic (exact) mass is 258 g/mol. The summed E-state index contributed by atoms with van der Waals surface area (Å²) in [4.78, 5) is 10.9. The van der Waals surface area contributed by atoms with E-state index in [1.54, 1.807) is 18.2 Å². The molecular weight excluding hydrogens is 251 g/mol. The molecule has 0 aliphatic carbocycles. The summed E-state index contributed by atoms with van der Waals surface area (Å²) in [5, 5.41) is 1.03. The summed E-state index contributed by atoms with van der Waals surface area (Å²) in [6, 6.07) is 7.34. The normalized spacial score (nSPS) is 10.6. The molecule has 0 saturated heterocycles. The van der Waals surface area contributed by atoms with Crippen molar-refractivity contribution in [1.29, 1.82) is 0 Å². The molecule has 0 spiro atoms. The molecule has 0 fully saturated rings. The van der Waals surface area contributed by atoms with Gasteiger partial charge in [0.1, 0.15) is 0 Å². The van der Waals surface area contributed by atoms with E-state index >= 15 is 0 Å². The number of allylic oxidation sites excluding steroid dienone is 1. The van der Waals surface area contributed by atoms with Gasteiger partial charge in [0.15, 0.2) is 5.78 Å². The van der Waals surface area contributed by atoms with Crippen LogP contribution in [0.2, 0.25) is 5.02 Å². The molecule has 0 aliphatic rings. The Balaban J connectivity index is 2.74. The first-order valence-corrected chi connectivity index (χ1v) is 5.25. The molecule has 0 unspecified atom stereocenters. The molecule has 3 heteroatoms. The average Bonchev–Trinajstić information content (AvgIpc) is 2.14. The molecule has 0 N–H and O–H groups in total. The number of alkyl halides is 1. The number of halogens is 2. The van der Waals surface area contributed by atoms with E-state index in [0.29, 0.717) is 10.4 Å². The highest BCUT2D eigenvalue weighted by Gasteiger charge is 1.92. The zero-order valence-electron chi connectivity index (χ0n) is 6.84. The zero-order valence-corrected chi connectivity index (χ0v) is 9.18. The van der Waals surface area contributed by atoms with Crippen LogP contribution in [0.1, 0.15) is 5.56 Å². The van der Waals surface area contributed by atoms with Crippen molar-refractivity contribution in [2.75, 3.05) is 5.33 Å². The van der Waals surface area contributed by atoms with Gasteiger partial charge in [-0.05, 0) is 23.8 Å². The highest BCUT2D eigenvalue weighted by molar-refractivity contribution is 9.09. The van der Waals surface area contributed by atoms with Gasteiger partial charge in [0.05, 0.1) is 5.33 Å². The Labute approximate surface area is 90.5 Å². The van der Waals surface area contributed by atoms with Gasteiger partial charge in [-0.1, -0.05) is 45.7 Å². The minimum absolute atomic E-state index is 0.0416. The van der Waals surface area contributed by atoms with E-state index in [0.717, 1.165) is 5.56 Å². The number of carbonyl (C=O) groups excluding carboxylic acids is 1. The quantitative estimate of drug-likeness (QED) is 0.601. The van der Waals surface area contributed by atoms with Gasteiger partial charge in [-0.3, -0.25) is 4.79 Å². The van der Waals surface area contributed by atoms with Crippen molar-refractivity contribution in [1.82, 2.24) is 0 Å². The molecule has 1 rings (SSSR count). The lowest BCUT2D eigenvalue weighted by Gasteiger charge is -1.92. The molecule has 0 aromatic heterocycles. The van der Waals surface area contributed by atoms with Crippen molar-refractivity contribution in [2.45, 2.75) is 0 Å². The fourth-order valence-corrected chi connectivity index (χ4v) is 1.23. The van der Waals surface area contributed by atoms with Crippen LogP contribution in [0, 0.1) is 0 Å². The summed E-state index contributed by atoms with van der Waals surface area (Å²) >= 11 is 8.84. The molecular formula is C10H8BrClO. The summed E-state index contributed by atoms with van der Waals surface area (Å²) < 4.78 is 0. The second-order valence-electron chi connectivity index (χ2n) is 2.49. The van der Waals surface area contributed by atoms with Crippen molar-refractivity contribution in [3.05, 3.63) is 40.9 Å². The maximum absolute atomic E-state index is 10.9. The third-order valence-electron chi connectivity index (χ3n) is 1.44. The Morgan fingerprint density at radius 1 is 1.54 bits per heavy atom. The Morgan fingerprint density at radius 3 is 2.92 bits per heavy atom. The molecule has 1 aromatic rings. The predicted molar refractivity (Wildman–Crippen MR) is 59.3 cm³/mol. The van der Waals surface area contributed by atoms with E-state index < -0.39 is 0 Å². The van der Waals surface area contributed by atoms with Crippen molar-refractivity contribution in [2.24, 2.45) is 0 Å². The number of benzene rings is 1. The minimum atomic E-state index is 0.0416. The average molecular weight is 260 g/mol. The number of hydrogen-bond donors (Lipinski definition) is 0. The first-order chi connectivity index (χ1) is 6.22. The lowest BCUT2D eigenvalue weighted by atomic mass is 10.2. The zero-order chi connectivity index (χ0) is 9.68. The molecule has 0 bridgehead atoms. The van der Waals surface area contributed by atoms with E-state index in [4.69, 9.17) is 11.6 Å². The molecule has 0 radical (unpaired) electrons. The first-order valence-electron chi connectivity index (χ1n) is 3.75. The topological polar surface area (TPSA) is 17.1 Å². The SMILES string of the molecule is O=C(/C=C/c1cccc(Cl)c1)CBr. The third kappa shape index (κ3) is 3.75. The smallest absolute Gasteiger partial charge is 0.166 e. The highest BCUT2D eigenvalue weighted by atomic mass is 79.9. The molecule has 68 valence electrons. The van der Waals surface area contributed by atoms with Crippen LogP contribution in [-0.2, 0) is 4.79 Å². The fraction of sp³-hybridized carbons (Fsp3) is 0.100. The Kier molecular flexibility index (Phi) is 4.19. The van der Waals surface area contributed by atoms with Crippen LogP contribution in [-0.4, -0.2) is 11.1 Å². The van der Waals surface area contributed by atoms with Crippen LogP contribution in [0.25, 0.3) is 6.08 Å². The van der Waals surface area contributed by atoms with Crippen molar-refractivity contribution in [3.63, 3.8) is 0 Å². The number of carbonyl (C=O) groups is 1. The van der Waals surface area contributed by atoms with E-state index in [1.165, 1.54) is 6.08 Å². The van der Waals surface area contributed by atoms with Crippen LogP contribution < -0.4 is 0 Å². The Morgan fingerprint density at radius 2 is 2.31 bits per heavy atom. The summed E-state index contributed by atoms with van der Waals surface area (Å²) in [6.07, 6.45) is 3.27. The molecule has 1 nitrogen and oxygen atoms in total. The summed E-state index contributed by atoms with van der Waals surface area (Å²) in [5.41, 5.74) is 0.932. The second-order valence-corrected chi connectivity index (χ2v) is 3.49. The van der Waals surface area contributed by atoms with E-state index in [1.807, 2.05) is 12.1 Å².